The van der Waals surface area contributed by atoms with Crippen molar-refractivity contribution in [2.45, 2.75) is 51.3 Å². The first-order chi connectivity index (χ1) is 20.5. The van der Waals surface area contributed by atoms with Crippen LogP contribution in [0.2, 0.25) is 0 Å². The van der Waals surface area contributed by atoms with E-state index < -0.39 is 36.0 Å². The van der Waals surface area contributed by atoms with Gasteiger partial charge in [0.1, 0.15) is 6.61 Å². The van der Waals surface area contributed by atoms with E-state index in [1.54, 1.807) is 24.3 Å². The van der Waals surface area contributed by atoms with E-state index >= 15 is 0 Å². The van der Waals surface area contributed by atoms with Gasteiger partial charge in [-0.15, -0.1) is 23.4 Å². The van der Waals surface area contributed by atoms with E-state index in [0.29, 0.717) is 5.57 Å². The summed E-state index contributed by atoms with van der Waals surface area (Å²) in [5.41, 5.74) is 2.23. The molecule has 8 nitrogen and oxygen atoms in total. The van der Waals surface area contributed by atoms with Gasteiger partial charge in [-0.25, -0.2) is 0 Å². The highest BCUT2D eigenvalue weighted by atomic mass is 19.4. The molecule has 2 aliphatic rings. The monoisotopic (exact) mass is 591 g/mol. The molecule has 0 saturated carbocycles. The van der Waals surface area contributed by atoms with Gasteiger partial charge in [-0.1, -0.05) is 86.7 Å². The maximum Gasteiger partial charge on any atom is 0.523 e. The number of hydrogen-bond donors (Lipinski definition) is 1. The Labute approximate surface area is 245 Å². The first-order valence-corrected chi connectivity index (χ1v) is 13.6. The number of benzene rings is 2. The molecular formula is C32H28F3N3O5. The number of ether oxygens (including phenoxy) is 2. The summed E-state index contributed by atoms with van der Waals surface area (Å²) in [4.78, 5) is 28.3. The molecule has 1 N–H and O–H groups in total. The smallest absolute Gasteiger partial charge is 0.503 e. The quantitative estimate of drug-likeness (QED) is 0.288. The van der Waals surface area contributed by atoms with Crippen molar-refractivity contribution in [3.63, 3.8) is 0 Å². The Morgan fingerprint density at radius 2 is 1.77 bits per heavy atom. The zero-order chi connectivity index (χ0) is 30.7. The Balaban J connectivity index is 1.46. The fourth-order valence-electron chi connectivity index (χ4n) is 4.89. The zero-order valence-corrected chi connectivity index (χ0v) is 23.3. The van der Waals surface area contributed by atoms with E-state index in [4.69, 9.17) is 4.74 Å². The Morgan fingerprint density at radius 3 is 2.35 bits per heavy atom. The number of aliphatic hydroxyl groups excluding tert-OH is 1. The first-order valence-electron chi connectivity index (χ1n) is 13.6. The van der Waals surface area contributed by atoms with Crippen LogP contribution < -0.4 is 9.64 Å². The Morgan fingerprint density at radius 1 is 1.05 bits per heavy atom. The largest absolute Gasteiger partial charge is 0.523 e. The van der Waals surface area contributed by atoms with Crippen LogP contribution in [0.1, 0.15) is 47.7 Å². The average Bonchev–Trinajstić information content (AvgIpc) is 3.26. The van der Waals surface area contributed by atoms with Crippen molar-refractivity contribution in [1.29, 1.82) is 0 Å². The third-order valence-corrected chi connectivity index (χ3v) is 7.08. The van der Waals surface area contributed by atoms with E-state index in [1.807, 2.05) is 44.2 Å². The third kappa shape index (κ3) is 6.67. The van der Waals surface area contributed by atoms with Crippen molar-refractivity contribution in [2.75, 3.05) is 4.90 Å². The number of carbonyl (C=O) groups is 2. The molecule has 43 heavy (non-hydrogen) atoms. The topological polar surface area (TPSA) is 102 Å². The van der Waals surface area contributed by atoms with Gasteiger partial charge in [-0.2, -0.15) is 0 Å². The van der Waals surface area contributed by atoms with Gasteiger partial charge >= 0.3 is 6.36 Å². The highest BCUT2D eigenvalue weighted by Gasteiger charge is 2.46. The van der Waals surface area contributed by atoms with E-state index in [2.05, 4.69) is 14.9 Å². The van der Waals surface area contributed by atoms with Crippen molar-refractivity contribution < 1.29 is 37.3 Å². The van der Waals surface area contributed by atoms with E-state index in [0.717, 1.165) is 16.0 Å². The second kappa shape index (κ2) is 12.2. The van der Waals surface area contributed by atoms with Crippen LogP contribution in [0, 0.1) is 0 Å². The number of halogens is 3. The number of amides is 1. The molecule has 1 aliphatic carbocycles. The summed E-state index contributed by atoms with van der Waals surface area (Å²) >= 11 is 0. The Bertz CT molecular complexity index is 1580. The molecule has 3 aromatic rings. The standard InChI is InChI=1S/C32H28F3N3O5/c1-19(2)21-8-10-23(11-9-21)29(39)27-28(22-12-14-24(15-13-22)43-32(33,34)35)38(31(41)30(27)40)25-16-17-26(37-36-25)42-18-20-6-4-3-5-7-20/h3-14,16-17,19,24,28,40H,15,18H2,1-2H3. The molecule has 1 aromatic heterocycles. The number of alkyl halides is 3. The minimum absolute atomic E-state index is 0.00883. The predicted octanol–water partition coefficient (Wildman–Crippen LogP) is 6.38. The number of aromatic nitrogens is 2. The zero-order valence-electron chi connectivity index (χ0n) is 23.3. The van der Waals surface area contributed by atoms with Crippen LogP contribution in [0.5, 0.6) is 5.88 Å². The van der Waals surface area contributed by atoms with Gasteiger partial charge in [0, 0.05) is 11.6 Å². The van der Waals surface area contributed by atoms with Crippen molar-refractivity contribution in [3.05, 3.63) is 119 Å². The molecule has 0 radical (unpaired) electrons. The lowest BCUT2D eigenvalue weighted by atomic mass is 9.89. The first kappa shape index (κ1) is 29.7. The average molecular weight is 592 g/mol. The van der Waals surface area contributed by atoms with Crippen LogP contribution >= 0.6 is 0 Å². The lowest BCUT2D eigenvalue weighted by Crippen LogP contribution is -2.39. The fourth-order valence-corrected chi connectivity index (χ4v) is 4.89. The van der Waals surface area contributed by atoms with Gasteiger partial charge in [0.2, 0.25) is 5.88 Å². The number of ketones is 1. The second-order valence-electron chi connectivity index (χ2n) is 10.4. The van der Waals surface area contributed by atoms with Gasteiger partial charge in [0.15, 0.2) is 17.4 Å². The number of nitrogens with zero attached hydrogens (tertiary/aromatic N) is 3. The van der Waals surface area contributed by atoms with Gasteiger partial charge in [-0.05, 0) is 35.1 Å². The normalized spacial score (nSPS) is 18.8. The highest BCUT2D eigenvalue weighted by molar-refractivity contribution is 6.21. The molecule has 2 unspecified atom stereocenters. The number of carbonyl (C=O) groups excluding carboxylic acids is 2. The van der Waals surface area contributed by atoms with E-state index in [-0.39, 0.29) is 41.8 Å². The minimum Gasteiger partial charge on any atom is -0.503 e. The van der Waals surface area contributed by atoms with Crippen LogP contribution in [0.4, 0.5) is 19.0 Å². The highest BCUT2D eigenvalue weighted by Crippen LogP contribution is 2.37. The van der Waals surface area contributed by atoms with E-state index in [1.165, 1.54) is 30.4 Å². The predicted molar refractivity (Wildman–Crippen MR) is 151 cm³/mol. The van der Waals surface area contributed by atoms with Crippen molar-refractivity contribution in [2.24, 2.45) is 0 Å². The van der Waals surface area contributed by atoms with Gasteiger partial charge in [-0.3, -0.25) is 19.2 Å². The van der Waals surface area contributed by atoms with Crippen molar-refractivity contribution in [3.8, 4) is 5.88 Å². The third-order valence-electron chi connectivity index (χ3n) is 7.08. The maximum absolute atomic E-state index is 13.8. The number of anilines is 1. The van der Waals surface area contributed by atoms with Crippen LogP contribution in [-0.2, 0) is 16.1 Å². The molecule has 0 saturated heterocycles. The summed E-state index contributed by atoms with van der Waals surface area (Å²) in [6, 6.07) is 18.0. The molecule has 0 bridgehead atoms. The molecule has 222 valence electrons. The number of hydrogen-bond acceptors (Lipinski definition) is 7. The molecule has 1 aliphatic heterocycles. The number of Topliss-reactive ketones (excluding diaryl/α,β-unsaturated/α-hetero) is 1. The van der Waals surface area contributed by atoms with Gasteiger partial charge in [0.25, 0.3) is 5.91 Å². The SMILES string of the molecule is CC(C)c1ccc(C(=O)C2=C(O)C(=O)N(c3ccc(OCc4ccccc4)nn3)C2C2=CCC(OC(F)(F)F)C=C2)cc1. The fraction of sp³-hybridized carbons (Fsp3) is 0.250. The maximum atomic E-state index is 13.8. The van der Waals surface area contributed by atoms with Crippen LogP contribution in [0.25, 0.3) is 0 Å². The number of rotatable bonds is 9. The number of aliphatic hydroxyl groups is 1. The van der Waals surface area contributed by atoms with Crippen LogP contribution in [0.15, 0.2) is 102 Å². The van der Waals surface area contributed by atoms with Crippen molar-refractivity contribution >= 4 is 17.5 Å². The van der Waals surface area contributed by atoms with Crippen LogP contribution in [0.3, 0.4) is 0 Å². The summed E-state index contributed by atoms with van der Waals surface area (Å²) in [7, 11) is 0. The van der Waals surface area contributed by atoms with Gasteiger partial charge in [0.05, 0.1) is 17.7 Å². The molecule has 1 amide bonds. The summed E-state index contributed by atoms with van der Waals surface area (Å²) in [6.07, 6.45) is -2.30. The Hall–Kier alpha value is -4.77. The lowest BCUT2D eigenvalue weighted by molar-refractivity contribution is -0.336. The van der Waals surface area contributed by atoms with Gasteiger partial charge < -0.3 is 9.84 Å². The Kier molecular flexibility index (Phi) is 8.45. The van der Waals surface area contributed by atoms with Crippen molar-refractivity contribution in [1.82, 2.24) is 10.2 Å². The summed E-state index contributed by atoms with van der Waals surface area (Å²) < 4.78 is 48.2. The molecule has 11 heteroatoms. The summed E-state index contributed by atoms with van der Waals surface area (Å²) in [5, 5.41) is 19.2. The summed E-state index contributed by atoms with van der Waals surface area (Å²) in [6.45, 7) is 4.24. The molecule has 2 heterocycles. The van der Waals surface area contributed by atoms with Crippen LogP contribution in [-0.4, -0.2) is 45.5 Å². The lowest BCUT2D eigenvalue weighted by Gasteiger charge is -2.28. The molecule has 2 aromatic carbocycles. The molecule has 0 fully saturated rings. The molecular weight excluding hydrogens is 563 g/mol. The second-order valence-corrected chi connectivity index (χ2v) is 10.4. The minimum atomic E-state index is -4.84. The molecule has 5 rings (SSSR count). The van der Waals surface area contributed by atoms with E-state index in [9.17, 15) is 27.9 Å². The summed E-state index contributed by atoms with van der Waals surface area (Å²) in [5.74, 6) is -1.88. The molecule has 0 spiro atoms. The molecule has 2 atom stereocenters.